The Balaban J connectivity index is 1.98. The molecule has 0 bridgehead atoms. The van der Waals surface area contributed by atoms with Gasteiger partial charge in [0.05, 0.1) is 25.9 Å². The Hall–Kier alpha value is -2.01. The van der Waals surface area contributed by atoms with Crippen LogP contribution in [0.3, 0.4) is 0 Å². The molecule has 2 aromatic carbocycles. The first kappa shape index (κ1) is 20.3. The smallest absolute Gasteiger partial charge is 0.416 e. The molecule has 0 aromatic heterocycles. The van der Waals surface area contributed by atoms with E-state index in [1.807, 2.05) is 6.07 Å². The maximum atomic E-state index is 12.6. The lowest BCUT2D eigenvalue weighted by molar-refractivity contribution is -0.137. The van der Waals surface area contributed by atoms with Crippen molar-refractivity contribution in [1.29, 1.82) is 0 Å². The zero-order valence-corrected chi connectivity index (χ0v) is 15.4. The van der Waals surface area contributed by atoms with Gasteiger partial charge in [0.2, 0.25) is 0 Å². The summed E-state index contributed by atoms with van der Waals surface area (Å²) in [6.07, 6.45) is -2.21. The van der Waals surface area contributed by atoms with Gasteiger partial charge >= 0.3 is 6.18 Å². The summed E-state index contributed by atoms with van der Waals surface area (Å²) >= 11 is 0. The summed E-state index contributed by atoms with van der Waals surface area (Å²) in [7, 11) is 1.61. The SMILES string of the molecule is CCC(C)Cc1ccc(OC)c(COCc2ccc(C(F)(F)F)cc2)c1. The molecule has 26 heavy (non-hydrogen) atoms. The molecular formula is C21H25F3O2. The molecule has 0 heterocycles. The number of ether oxygens (including phenoxy) is 2. The second-order valence-electron chi connectivity index (χ2n) is 6.55. The van der Waals surface area contributed by atoms with Crippen LogP contribution in [0.15, 0.2) is 42.5 Å². The van der Waals surface area contributed by atoms with Gasteiger partial charge in [-0.25, -0.2) is 0 Å². The highest BCUT2D eigenvalue weighted by atomic mass is 19.4. The molecule has 1 atom stereocenters. The minimum atomic E-state index is -4.32. The molecule has 0 aliphatic heterocycles. The molecule has 0 amide bonds. The van der Waals surface area contributed by atoms with Crippen molar-refractivity contribution in [2.75, 3.05) is 7.11 Å². The van der Waals surface area contributed by atoms with Crippen LogP contribution in [0.1, 0.15) is 42.5 Å². The second kappa shape index (κ2) is 9.08. The molecule has 5 heteroatoms. The predicted octanol–water partition coefficient (Wildman–Crippen LogP) is 6.02. The third-order valence-corrected chi connectivity index (χ3v) is 4.43. The van der Waals surface area contributed by atoms with Crippen LogP contribution < -0.4 is 4.74 Å². The van der Waals surface area contributed by atoms with Crippen LogP contribution in [0.5, 0.6) is 5.75 Å². The number of hydrogen-bond donors (Lipinski definition) is 0. The number of benzene rings is 2. The van der Waals surface area contributed by atoms with Crippen molar-refractivity contribution < 1.29 is 22.6 Å². The van der Waals surface area contributed by atoms with Gasteiger partial charge in [0.15, 0.2) is 0 Å². The molecule has 0 radical (unpaired) electrons. The average Bonchev–Trinajstić information content (AvgIpc) is 2.61. The van der Waals surface area contributed by atoms with Crippen LogP contribution in [0.25, 0.3) is 0 Å². The molecule has 0 aliphatic rings. The predicted molar refractivity (Wildman–Crippen MR) is 96.1 cm³/mol. The molecule has 0 saturated carbocycles. The van der Waals surface area contributed by atoms with E-state index in [2.05, 4.69) is 26.0 Å². The summed E-state index contributed by atoms with van der Waals surface area (Å²) in [6, 6.07) is 11.1. The zero-order chi connectivity index (χ0) is 19.2. The summed E-state index contributed by atoms with van der Waals surface area (Å²) in [5, 5.41) is 0. The van der Waals surface area contributed by atoms with Crippen molar-refractivity contribution in [3.05, 3.63) is 64.7 Å². The van der Waals surface area contributed by atoms with Gasteiger partial charge in [0.1, 0.15) is 5.75 Å². The topological polar surface area (TPSA) is 18.5 Å². The highest BCUT2D eigenvalue weighted by Gasteiger charge is 2.29. The Bertz CT molecular complexity index is 693. The van der Waals surface area contributed by atoms with Gasteiger partial charge in [0, 0.05) is 5.56 Å². The molecule has 2 rings (SSSR count). The molecule has 0 fully saturated rings. The molecule has 0 N–H and O–H groups in total. The van der Waals surface area contributed by atoms with Crippen LogP contribution in [-0.2, 0) is 30.5 Å². The lowest BCUT2D eigenvalue weighted by atomic mass is 9.97. The van der Waals surface area contributed by atoms with Crippen LogP contribution in [-0.4, -0.2) is 7.11 Å². The van der Waals surface area contributed by atoms with Gasteiger partial charge in [-0.3, -0.25) is 0 Å². The molecule has 1 unspecified atom stereocenters. The van der Waals surface area contributed by atoms with E-state index in [1.54, 1.807) is 7.11 Å². The number of halogens is 3. The van der Waals surface area contributed by atoms with Crippen LogP contribution >= 0.6 is 0 Å². The van der Waals surface area contributed by atoms with Gasteiger partial charge in [-0.15, -0.1) is 0 Å². The van der Waals surface area contributed by atoms with Gasteiger partial charge in [-0.1, -0.05) is 38.5 Å². The highest BCUT2D eigenvalue weighted by molar-refractivity contribution is 5.37. The first-order chi connectivity index (χ1) is 12.3. The van der Waals surface area contributed by atoms with Crippen molar-refractivity contribution in [1.82, 2.24) is 0 Å². The van der Waals surface area contributed by atoms with Gasteiger partial charge in [-0.2, -0.15) is 13.2 Å². The van der Waals surface area contributed by atoms with E-state index in [0.29, 0.717) is 18.1 Å². The van der Waals surface area contributed by atoms with E-state index in [9.17, 15) is 13.2 Å². The van der Waals surface area contributed by atoms with E-state index < -0.39 is 11.7 Å². The Labute approximate surface area is 152 Å². The summed E-state index contributed by atoms with van der Waals surface area (Å²) in [5.74, 6) is 1.36. The number of rotatable bonds is 8. The molecule has 142 valence electrons. The van der Waals surface area contributed by atoms with E-state index in [4.69, 9.17) is 9.47 Å². The van der Waals surface area contributed by atoms with E-state index in [1.165, 1.54) is 17.7 Å². The first-order valence-electron chi connectivity index (χ1n) is 8.73. The monoisotopic (exact) mass is 366 g/mol. The van der Waals surface area contributed by atoms with Gasteiger partial charge in [-0.05, 0) is 47.7 Å². The maximum Gasteiger partial charge on any atom is 0.416 e. The Kier molecular flexibility index (Phi) is 7.09. The fraction of sp³-hybridized carbons (Fsp3) is 0.429. The first-order valence-corrected chi connectivity index (χ1v) is 8.73. The van der Waals surface area contributed by atoms with E-state index in [0.717, 1.165) is 36.3 Å². The molecule has 0 spiro atoms. The molecule has 2 aromatic rings. The van der Waals surface area contributed by atoms with Crippen molar-refractivity contribution >= 4 is 0 Å². The summed E-state index contributed by atoms with van der Waals surface area (Å²) < 4.78 is 48.8. The lowest BCUT2D eigenvalue weighted by Gasteiger charge is -2.14. The number of hydrogen-bond acceptors (Lipinski definition) is 2. The highest BCUT2D eigenvalue weighted by Crippen LogP contribution is 2.29. The quantitative estimate of drug-likeness (QED) is 0.569. The number of methoxy groups -OCH3 is 1. The summed E-state index contributed by atoms with van der Waals surface area (Å²) in [5.41, 5.74) is 2.22. The van der Waals surface area contributed by atoms with Gasteiger partial charge < -0.3 is 9.47 Å². The molecule has 2 nitrogen and oxygen atoms in total. The normalized spacial score (nSPS) is 12.8. The van der Waals surface area contributed by atoms with Crippen molar-refractivity contribution in [2.45, 2.75) is 46.1 Å². The zero-order valence-electron chi connectivity index (χ0n) is 15.4. The summed E-state index contributed by atoms with van der Waals surface area (Å²) in [6.45, 7) is 4.97. The van der Waals surface area contributed by atoms with Crippen LogP contribution in [0.4, 0.5) is 13.2 Å². The summed E-state index contributed by atoms with van der Waals surface area (Å²) in [4.78, 5) is 0. The largest absolute Gasteiger partial charge is 0.496 e. The number of alkyl halides is 3. The maximum absolute atomic E-state index is 12.6. The minimum absolute atomic E-state index is 0.247. The third kappa shape index (κ3) is 5.77. The fourth-order valence-corrected chi connectivity index (χ4v) is 2.69. The van der Waals surface area contributed by atoms with Crippen LogP contribution in [0, 0.1) is 5.92 Å². The lowest BCUT2D eigenvalue weighted by Crippen LogP contribution is -2.05. The average molecular weight is 366 g/mol. The van der Waals surface area contributed by atoms with Crippen molar-refractivity contribution in [3.63, 3.8) is 0 Å². The third-order valence-electron chi connectivity index (χ3n) is 4.43. The fourth-order valence-electron chi connectivity index (χ4n) is 2.69. The minimum Gasteiger partial charge on any atom is -0.496 e. The van der Waals surface area contributed by atoms with Crippen molar-refractivity contribution in [2.24, 2.45) is 5.92 Å². The van der Waals surface area contributed by atoms with Crippen LogP contribution in [0.2, 0.25) is 0 Å². The van der Waals surface area contributed by atoms with E-state index in [-0.39, 0.29) is 6.61 Å². The van der Waals surface area contributed by atoms with Crippen molar-refractivity contribution in [3.8, 4) is 5.75 Å². The molecule has 0 saturated heterocycles. The van der Waals surface area contributed by atoms with E-state index >= 15 is 0 Å². The Morgan fingerprint density at radius 1 is 0.962 bits per heavy atom. The standard InChI is InChI=1S/C21H25F3O2/c1-4-15(2)11-17-7-10-20(25-3)18(12-17)14-26-13-16-5-8-19(9-6-16)21(22,23)24/h5-10,12,15H,4,11,13-14H2,1-3H3. The molecule has 0 aliphatic carbocycles. The Morgan fingerprint density at radius 3 is 2.19 bits per heavy atom. The second-order valence-corrected chi connectivity index (χ2v) is 6.55. The molecular weight excluding hydrogens is 341 g/mol. The Morgan fingerprint density at radius 2 is 1.62 bits per heavy atom. The van der Waals surface area contributed by atoms with Gasteiger partial charge in [0.25, 0.3) is 0 Å².